The lowest BCUT2D eigenvalue weighted by atomic mass is 10.1. The number of unbranched alkanes of at least 4 members (excludes halogenated alkanes) is 1. The van der Waals surface area contributed by atoms with Gasteiger partial charge < -0.3 is 4.90 Å². The maximum absolute atomic E-state index is 14.8. The number of halogens is 2. The zero-order chi connectivity index (χ0) is 22.1. The smallest absolute Gasteiger partial charge is 0.152 e. The average molecular weight is 452 g/mol. The summed E-state index contributed by atoms with van der Waals surface area (Å²) in [5, 5.41) is 9.08. The second-order valence-corrected chi connectivity index (χ2v) is 10.3. The monoisotopic (exact) mass is 451 g/mol. The molecule has 0 N–H and O–H groups in total. The van der Waals surface area contributed by atoms with E-state index in [0.29, 0.717) is 16.8 Å². The molecule has 30 heavy (non-hydrogen) atoms. The van der Waals surface area contributed by atoms with Crippen LogP contribution in [0.25, 0.3) is 0 Å². The number of hydrogen-bond donors (Lipinski definition) is 0. The molecular weight excluding hydrogens is 417 g/mol. The number of azo groups is 1. The van der Waals surface area contributed by atoms with Crippen LogP contribution in [0.5, 0.6) is 0 Å². The average Bonchev–Trinajstić information content (AvgIpc) is 3.04. The minimum absolute atomic E-state index is 0.256. The van der Waals surface area contributed by atoms with E-state index in [1.165, 1.54) is 11.3 Å². The highest BCUT2D eigenvalue weighted by atomic mass is 35.5. The lowest BCUT2D eigenvalue weighted by molar-refractivity contribution is 0.534. The molecule has 0 saturated carbocycles. The Morgan fingerprint density at radius 2 is 1.70 bits per heavy atom. The predicted molar refractivity (Wildman–Crippen MR) is 130 cm³/mol. The maximum Gasteiger partial charge on any atom is 0.152 e. The van der Waals surface area contributed by atoms with Crippen molar-refractivity contribution in [2.45, 2.75) is 66.7 Å². The minimum Gasteiger partial charge on any atom is -0.371 e. The highest BCUT2D eigenvalue weighted by Crippen LogP contribution is 2.36. The Bertz CT molecular complexity index is 805. The lowest BCUT2D eigenvalue weighted by Crippen LogP contribution is -2.27. The third-order valence-corrected chi connectivity index (χ3v) is 6.37. The van der Waals surface area contributed by atoms with Gasteiger partial charge in [-0.05, 0) is 67.3 Å². The lowest BCUT2D eigenvalue weighted by Gasteiger charge is -2.26. The maximum atomic E-state index is 14.8. The topological polar surface area (TPSA) is 28.0 Å². The van der Waals surface area contributed by atoms with Gasteiger partial charge in [0.15, 0.2) is 5.82 Å². The standard InChI is InChI=1S/C24H35ClFN3S/c1-6-7-8-19-15-23(30-24(19)25)28-27-22-10-9-20(16-21(22)26)29(13-11-17(2)3)14-12-18(4)5/h9-10,15-18H,6-8,11-14H2,1-5H3. The van der Waals surface area contributed by atoms with E-state index >= 15 is 0 Å². The van der Waals surface area contributed by atoms with Crippen molar-refractivity contribution in [3.63, 3.8) is 0 Å². The molecule has 1 aromatic carbocycles. The number of hydrogen-bond acceptors (Lipinski definition) is 4. The highest BCUT2D eigenvalue weighted by Gasteiger charge is 2.12. The molecule has 0 unspecified atom stereocenters. The number of benzene rings is 1. The Balaban J connectivity index is 2.13. The van der Waals surface area contributed by atoms with Gasteiger partial charge in [-0.2, -0.15) is 0 Å². The first-order valence-electron chi connectivity index (χ1n) is 11.0. The van der Waals surface area contributed by atoms with E-state index in [-0.39, 0.29) is 11.5 Å². The fourth-order valence-electron chi connectivity index (χ4n) is 3.05. The Morgan fingerprint density at radius 3 is 2.27 bits per heavy atom. The summed E-state index contributed by atoms with van der Waals surface area (Å²) in [5.41, 5.74) is 2.26. The van der Waals surface area contributed by atoms with E-state index in [4.69, 9.17) is 11.6 Å². The predicted octanol–water partition coefficient (Wildman–Crippen LogP) is 9.20. The van der Waals surface area contributed by atoms with E-state index in [2.05, 4.69) is 49.7 Å². The van der Waals surface area contributed by atoms with Gasteiger partial charge in [-0.25, -0.2) is 4.39 Å². The summed E-state index contributed by atoms with van der Waals surface area (Å²) in [7, 11) is 0. The Hall–Kier alpha value is -1.46. The molecule has 0 spiro atoms. The van der Waals surface area contributed by atoms with Gasteiger partial charge in [0.2, 0.25) is 0 Å². The normalized spacial score (nSPS) is 11.9. The van der Waals surface area contributed by atoms with Crippen molar-refractivity contribution in [3.8, 4) is 0 Å². The van der Waals surface area contributed by atoms with Gasteiger partial charge in [0.25, 0.3) is 0 Å². The zero-order valence-corrected chi connectivity index (χ0v) is 20.5. The molecule has 0 aliphatic heterocycles. The van der Waals surface area contributed by atoms with Crippen molar-refractivity contribution in [1.29, 1.82) is 0 Å². The van der Waals surface area contributed by atoms with Gasteiger partial charge in [0.1, 0.15) is 10.7 Å². The van der Waals surface area contributed by atoms with Crippen molar-refractivity contribution in [2.75, 3.05) is 18.0 Å². The molecule has 0 atom stereocenters. The highest BCUT2D eigenvalue weighted by molar-refractivity contribution is 7.19. The third-order valence-electron chi connectivity index (χ3n) is 5.05. The van der Waals surface area contributed by atoms with Gasteiger partial charge >= 0.3 is 0 Å². The van der Waals surface area contributed by atoms with Crippen LogP contribution in [0.4, 0.5) is 20.8 Å². The number of nitrogens with zero attached hydrogens (tertiary/aromatic N) is 3. The fraction of sp³-hybridized carbons (Fsp3) is 0.583. The van der Waals surface area contributed by atoms with Crippen molar-refractivity contribution >= 4 is 39.3 Å². The Kier molecular flexibility index (Phi) is 10.3. The molecule has 0 aliphatic rings. The van der Waals surface area contributed by atoms with Crippen LogP contribution in [-0.4, -0.2) is 13.1 Å². The first-order chi connectivity index (χ1) is 14.3. The quantitative estimate of drug-likeness (QED) is 0.295. The molecule has 0 radical (unpaired) electrons. The van der Waals surface area contributed by atoms with Crippen LogP contribution in [-0.2, 0) is 6.42 Å². The molecule has 1 heterocycles. The molecule has 0 saturated heterocycles. The van der Waals surface area contributed by atoms with Gasteiger partial charge in [-0.3, -0.25) is 0 Å². The van der Waals surface area contributed by atoms with Crippen LogP contribution in [0.3, 0.4) is 0 Å². The summed E-state index contributed by atoms with van der Waals surface area (Å²) in [6.45, 7) is 12.9. The van der Waals surface area contributed by atoms with Crippen LogP contribution < -0.4 is 4.90 Å². The van der Waals surface area contributed by atoms with Crippen molar-refractivity contribution in [1.82, 2.24) is 0 Å². The van der Waals surface area contributed by atoms with E-state index < -0.39 is 0 Å². The molecular formula is C24H35ClFN3S. The molecule has 166 valence electrons. The molecule has 2 aromatic rings. The van der Waals surface area contributed by atoms with Crippen LogP contribution in [0, 0.1) is 17.7 Å². The SMILES string of the molecule is CCCCc1cc(N=Nc2ccc(N(CCC(C)C)CCC(C)C)cc2F)sc1Cl. The fourth-order valence-corrected chi connectivity index (χ4v) is 4.20. The van der Waals surface area contributed by atoms with E-state index in [0.717, 1.165) is 60.8 Å². The molecule has 2 rings (SSSR count). The first kappa shape index (κ1) is 24.8. The zero-order valence-electron chi connectivity index (χ0n) is 18.9. The number of aryl methyl sites for hydroxylation is 1. The second kappa shape index (κ2) is 12.4. The van der Waals surface area contributed by atoms with Crippen LogP contribution in [0.15, 0.2) is 34.5 Å². The number of thiophene rings is 1. The van der Waals surface area contributed by atoms with Crippen LogP contribution >= 0.6 is 22.9 Å². The molecule has 0 aliphatic carbocycles. The molecule has 0 bridgehead atoms. The second-order valence-electron chi connectivity index (χ2n) is 8.67. The van der Waals surface area contributed by atoms with E-state index in [1.54, 1.807) is 12.1 Å². The Labute approximate surface area is 190 Å². The van der Waals surface area contributed by atoms with Crippen LogP contribution in [0.1, 0.15) is 65.9 Å². The van der Waals surface area contributed by atoms with E-state index in [9.17, 15) is 4.39 Å². The van der Waals surface area contributed by atoms with Crippen molar-refractivity contribution < 1.29 is 4.39 Å². The largest absolute Gasteiger partial charge is 0.371 e. The molecule has 6 heteroatoms. The van der Waals surface area contributed by atoms with Gasteiger partial charge in [0, 0.05) is 18.8 Å². The molecule has 0 amide bonds. The summed E-state index contributed by atoms with van der Waals surface area (Å²) >= 11 is 7.68. The van der Waals surface area contributed by atoms with E-state index in [1.807, 2.05) is 12.1 Å². The van der Waals surface area contributed by atoms with Crippen LogP contribution in [0.2, 0.25) is 4.34 Å². The molecule has 3 nitrogen and oxygen atoms in total. The van der Waals surface area contributed by atoms with Crippen molar-refractivity contribution in [3.05, 3.63) is 40.0 Å². The summed E-state index contributed by atoms with van der Waals surface area (Å²) in [5.74, 6) is 0.887. The first-order valence-corrected chi connectivity index (χ1v) is 12.2. The van der Waals surface area contributed by atoms with Gasteiger partial charge in [-0.15, -0.1) is 21.6 Å². The Morgan fingerprint density at radius 1 is 1.03 bits per heavy atom. The number of anilines is 1. The molecule has 1 aromatic heterocycles. The third kappa shape index (κ3) is 7.99. The number of rotatable bonds is 12. The summed E-state index contributed by atoms with van der Waals surface area (Å²) in [4.78, 5) is 2.28. The summed E-state index contributed by atoms with van der Waals surface area (Å²) < 4.78 is 15.5. The molecule has 0 fully saturated rings. The summed E-state index contributed by atoms with van der Waals surface area (Å²) in [6, 6.07) is 7.21. The van der Waals surface area contributed by atoms with Gasteiger partial charge in [0.05, 0.1) is 4.34 Å². The van der Waals surface area contributed by atoms with Crippen molar-refractivity contribution in [2.24, 2.45) is 22.1 Å². The summed E-state index contributed by atoms with van der Waals surface area (Å²) in [6.07, 6.45) is 5.31. The van der Waals surface area contributed by atoms with Gasteiger partial charge in [-0.1, -0.05) is 52.6 Å². The minimum atomic E-state index is -0.343.